The van der Waals surface area contributed by atoms with Crippen LogP contribution in [0, 0.1) is 6.92 Å². The number of halogens is 2. The second-order valence-corrected chi connectivity index (χ2v) is 12.1. The molecule has 0 aliphatic carbocycles. The van der Waals surface area contributed by atoms with Gasteiger partial charge in [-0.3, -0.25) is 4.79 Å². The van der Waals surface area contributed by atoms with Crippen molar-refractivity contribution in [2.24, 2.45) is 0 Å². The summed E-state index contributed by atoms with van der Waals surface area (Å²) in [6, 6.07) is 20.8. The van der Waals surface area contributed by atoms with Gasteiger partial charge in [0.15, 0.2) is 0 Å². The van der Waals surface area contributed by atoms with Gasteiger partial charge in [-0.15, -0.1) is 5.10 Å². The highest BCUT2D eigenvalue weighted by molar-refractivity contribution is 9.10. The number of benzene rings is 3. The van der Waals surface area contributed by atoms with E-state index in [0.717, 1.165) is 39.7 Å². The number of aryl methyl sites for hydroxylation is 1. The predicted molar refractivity (Wildman–Crippen MR) is 170 cm³/mol. The molecule has 1 unspecified atom stereocenters. The first kappa shape index (κ1) is 29.2. The highest BCUT2D eigenvalue weighted by Gasteiger charge is 2.36. The van der Waals surface area contributed by atoms with E-state index in [1.165, 1.54) is 11.8 Å². The van der Waals surface area contributed by atoms with Gasteiger partial charge in [0.1, 0.15) is 11.8 Å². The maximum Gasteiger partial charge on any atom is 0.255 e. The molecule has 2 heterocycles. The second kappa shape index (κ2) is 13.1. The molecule has 5 rings (SSSR count). The Morgan fingerprint density at radius 2 is 1.98 bits per heavy atom. The molecule has 3 aromatic carbocycles. The monoisotopic (exact) mass is 651 g/mol. The third-order valence-electron chi connectivity index (χ3n) is 6.69. The third kappa shape index (κ3) is 6.80. The number of ether oxygens (including phenoxy) is 1. The van der Waals surface area contributed by atoms with Crippen LogP contribution >= 0.6 is 39.3 Å². The number of unbranched alkanes of at least 4 members (excludes halogenated alkanes) is 1. The van der Waals surface area contributed by atoms with Crippen molar-refractivity contribution in [3.05, 3.63) is 104 Å². The second-order valence-electron chi connectivity index (χ2n) is 9.82. The number of carbonyl (C=O) groups excluding carboxylic acids is 1. The van der Waals surface area contributed by atoms with Crippen molar-refractivity contribution in [1.82, 2.24) is 14.8 Å². The minimum Gasteiger partial charge on any atom is -0.493 e. The molecule has 0 saturated heterocycles. The average molecular weight is 653 g/mol. The molecule has 0 saturated carbocycles. The van der Waals surface area contributed by atoms with Crippen LogP contribution in [0.5, 0.6) is 5.75 Å². The first-order valence-electron chi connectivity index (χ1n) is 13.4. The van der Waals surface area contributed by atoms with Crippen LogP contribution in [0.25, 0.3) is 0 Å². The number of anilines is 2. The summed E-state index contributed by atoms with van der Waals surface area (Å²) >= 11 is 11.5. The predicted octanol–water partition coefficient (Wildman–Crippen LogP) is 8.40. The molecular formula is C31H31BrClN5O2S. The molecule has 1 amide bonds. The largest absolute Gasteiger partial charge is 0.493 e. The lowest BCUT2D eigenvalue weighted by Gasteiger charge is -2.30. The number of rotatable bonds is 10. The number of fused-ring (bicyclic) bond motifs is 1. The zero-order chi connectivity index (χ0) is 28.9. The standard InChI is InChI=1S/C31H31BrClN5O2S/c1-4-5-15-40-26-14-13-22(32)17-24(26)28-27(29(39)35-23-11-8-9-19(2)16-23)20(3)34-30-36-31(37-38(28)30)41-18-21-10-6-7-12-25(21)33/h6-14,16-17,28H,4-5,15,18H2,1-3H3,(H,35,39)(H,34,36,37). The van der Waals surface area contributed by atoms with E-state index in [0.29, 0.717) is 45.5 Å². The zero-order valence-electron chi connectivity index (χ0n) is 23.1. The molecule has 4 aromatic rings. The Balaban J connectivity index is 1.55. The molecule has 1 aliphatic heterocycles. The lowest BCUT2D eigenvalue weighted by Crippen LogP contribution is -2.31. The average Bonchev–Trinajstić information content (AvgIpc) is 3.35. The Morgan fingerprint density at radius 3 is 2.76 bits per heavy atom. The smallest absolute Gasteiger partial charge is 0.255 e. The Labute approximate surface area is 257 Å². The molecule has 1 aromatic heterocycles. The van der Waals surface area contributed by atoms with E-state index in [4.69, 9.17) is 26.4 Å². The highest BCUT2D eigenvalue weighted by atomic mass is 79.9. The highest BCUT2D eigenvalue weighted by Crippen LogP contribution is 2.41. The summed E-state index contributed by atoms with van der Waals surface area (Å²) in [6.45, 7) is 6.59. The van der Waals surface area contributed by atoms with Gasteiger partial charge in [0.2, 0.25) is 11.1 Å². The summed E-state index contributed by atoms with van der Waals surface area (Å²) in [5.41, 5.74) is 4.83. The van der Waals surface area contributed by atoms with E-state index in [-0.39, 0.29) is 5.91 Å². The number of hydrogen-bond donors (Lipinski definition) is 2. The Bertz CT molecular complexity index is 1610. The van der Waals surface area contributed by atoms with E-state index in [1.54, 1.807) is 4.68 Å². The first-order valence-corrected chi connectivity index (χ1v) is 15.6. The number of hydrogen-bond acceptors (Lipinski definition) is 6. The van der Waals surface area contributed by atoms with Crippen molar-refractivity contribution in [2.45, 2.75) is 50.6 Å². The van der Waals surface area contributed by atoms with Crippen LogP contribution in [-0.2, 0) is 10.5 Å². The summed E-state index contributed by atoms with van der Waals surface area (Å²) in [7, 11) is 0. The van der Waals surface area contributed by atoms with Crippen molar-refractivity contribution in [3.63, 3.8) is 0 Å². The fourth-order valence-electron chi connectivity index (χ4n) is 4.64. The quantitative estimate of drug-likeness (QED) is 0.132. The van der Waals surface area contributed by atoms with Gasteiger partial charge < -0.3 is 15.4 Å². The van der Waals surface area contributed by atoms with E-state index in [9.17, 15) is 4.79 Å². The zero-order valence-corrected chi connectivity index (χ0v) is 26.2. The van der Waals surface area contributed by atoms with Crippen LogP contribution in [0.15, 0.2) is 87.6 Å². The summed E-state index contributed by atoms with van der Waals surface area (Å²) in [5, 5.41) is 12.6. The summed E-state index contributed by atoms with van der Waals surface area (Å²) < 4.78 is 8.90. The summed E-state index contributed by atoms with van der Waals surface area (Å²) in [4.78, 5) is 18.7. The van der Waals surface area contributed by atoms with Crippen molar-refractivity contribution in [1.29, 1.82) is 0 Å². The molecule has 1 aliphatic rings. The number of nitrogens with one attached hydrogen (secondary N) is 2. The molecule has 7 nitrogen and oxygen atoms in total. The van der Waals surface area contributed by atoms with Crippen molar-refractivity contribution in [2.75, 3.05) is 17.2 Å². The number of nitrogens with zero attached hydrogens (tertiary/aromatic N) is 3. The number of carbonyl (C=O) groups is 1. The third-order valence-corrected chi connectivity index (χ3v) is 8.44. The van der Waals surface area contributed by atoms with Crippen LogP contribution in [0.3, 0.4) is 0 Å². The molecule has 0 fully saturated rings. The molecule has 212 valence electrons. The maximum atomic E-state index is 14.0. The normalized spacial score (nSPS) is 14.4. The van der Waals surface area contributed by atoms with Gasteiger partial charge in [-0.25, -0.2) is 4.68 Å². The van der Waals surface area contributed by atoms with Crippen molar-refractivity contribution < 1.29 is 9.53 Å². The molecule has 41 heavy (non-hydrogen) atoms. The van der Waals surface area contributed by atoms with Gasteiger partial charge >= 0.3 is 0 Å². The Kier molecular flexibility index (Phi) is 9.37. The lowest BCUT2D eigenvalue weighted by atomic mass is 9.94. The van der Waals surface area contributed by atoms with E-state index >= 15 is 0 Å². The first-order chi connectivity index (χ1) is 19.8. The molecule has 1 atom stereocenters. The van der Waals surface area contributed by atoms with Crippen LogP contribution in [-0.4, -0.2) is 27.3 Å². The molecule has 0 radical (unpaired) electrons. The topological polar surface area (TPSA) is 81.1 Å². The van der Waals surface area contributed by atoms with E-state index in [2.05, 4.69) is 33.5 Å². The SMILES string of the molecule is CCCCOc1ccc(Br)cc1C1C(C(=O)Nc2cccc(C)c2)=C(C)Nc2nc(SCc3ccccc3Cl)nn21. The Morgan fingerprint density at radius 1 is 1.15 bits per heavy atom. The van der Waals surface area contributed by atoms with E-state index in [1.807, 2.05) is 80.6 Å². The number of amides is 1. The molecule has 10 heteroatoms. The van der Waals surface area contributed by atoms with Crippen molar-refractivity contribution >= 4 is 56.8 Å². The van der Waals surface area contributed by atoms with Gasteiger partial charge in [0.25, 0.3) is 5.91 Å². The van der Waals surface area contributed by atoms with Gasteiger partial charge in [0, 0.05) is 32.2 Å². The maximum absolute atomic E-state index is 14.0. The fraction of sp³-hybridized carbons (Fsp3) is 0.258. The minimum atomic E-state index is -0.577. The van der Waals surface area contributed by atoms with Gasteiger partial charge in [-0.2, -0.15) is 4.98 Å². The molecule has 2 N–H and O–H groups in total. The summed E-state index contributed by atoms with van der Waals surface area (Å²) in [6.07, 6.45) is 1.94. The van der Waals surface area contributed by atoms with Crippen molar-refractivity contribution in [3.8, 4) is 5.75 Å². The Hall–Kier alpha value is -3.27. The number of allylic oxidation sites excluding steroid dienone is 1. The minimum absolute atomic E-state index is 0.225. The number of thioether (sulfide) groups is 1. The van der Waals surface area contributed by atoms with Crippen LogP contribution < -0.4 is 15.4 Å². The number of aromatic nitrogens is 3. The molecular weight excluding hydrogens is 622 g/mol. The molecule has 0 bridgehead atoms. The van der Waals surface area contributed by atoms with E-state index < -0.39 is 6.04 Å². The molecule has 0 spiro atoms. The van der Waals surface area contributed by atoms with Crippen LogP contribution in [0.4, 0.5) is 11.6 Å². The van der Waals surface area contributed by atoms with Crippen LogP contribution in [0.1, 0.15) is 49.4 Å². The van der Waals surface area contributed by atoms with Gasteiger partial charge in [-0.05, 0) is 67.8 Å². The lowest BCUT2D eigenvalue weighted by molar-refractivity contribution is -0.113. The fourth-order valence-corrected chi connectivity index (χ4v) is 6.14. The van der Waals surface area contributed by atoms with Gasteiger partial charge in [-0.1, -0.05) is 83.0 Å². The van der Waals surface area contributed by atoms with Crippen LogP contribution in [0.2, 0.25) is 5.02 Å². The summed E-state index contributed by atoms with van der Waals surface area (Å²) in [5.74, 6) is 1.65. The van der Waals surface area contributed by atoms with Gasteiger partial charge in [0.05, 0.1) is 12.2 Å².